The fourth-order valence-electron chi connectivity index (χ4n) is 5.54. The summed E-state index contributed by atoms with van der Waals surface area (Å²) < 4.78 is 72.4. The number of rotatable bonds is 7. The first-order valence-electron chi connectivity index (χ1n) is 13.3. The largest absolute Gasteiger partial charge is 0.573 e. The first-order chi connectivity index (χ1) is 20.0. The van der Waals surface area contributed by atoms with Gasteiger partial charge in [-0.05, 0) is 60.4 Å². The van der Waals surface area contributed by atoms with E-state index in [9.17, 15) is 26.7 Å². The molecule has 2 aliphatic heterocycles. The van der Waals surface area contributed by atoms with Gasteiger partial charge in [0.15, 0.2) is 5.82 Å². The number of ether oxygens (including phenoxy) is 1. The van der Waals surface area contributed by atoms with E-state index in [1.54, 1.807) is 22.7 Å². The van der Waals surface area contributed by atoms with Crippen molar-refractivity contribution in [3.05, 3.63) is 70.5 Å². The van der Waals surface area contributed by atoms with Crippen LogP contribution in [0.1, 0.15) is 47.7 Å². The average Bonchev–Trinajstić information content (AvgIpc) is 3.33. The van der Waals surface area contributed by atoms with Crippen molar-refractivity contribution in [3.8, 4) is 11.4 Å². The molecule has 1 amide bonds. The van der Waals surface area contributed by atoms with Crippen molar-refractivity contribution in [3.63, 3.8) is 0 Å². The van der Waals surface area contributed by atoms with Gasteiger partial charge in [0, 0.05) is 68.3 Å². The van der Waals surface area contributed by atoms with Gasteiger partial charge in [-0.2, -0.15) is 0 Å². The summed E-state index contributed by atoms with van der Waals surface area (Å²) in [6, 6.07) is 8.48. The van der Waals surface area contributed by atoms with Crippen molar-refractivity contribution in [2.24, 2.45) is 0 Å². The van der Waals surface area contributed by atoms with Crippen LogP contribution in [0.15, 0.2) is 42.6 Å². The Bertz CT molecular complexity index is 1530. The molecule has 13 heteroatoms. The van der Waals surface area contributed by atoms with E-state index in [0.29, 0.717) is 55.1 Å². The number of halogens is 5. The summed E-state index contributed by atoms with van der Waals surface area (Å²) in [5.41, 5.74) is 3.79. The molecule has 0 atom stereocenters. The second-order valence-corrected chi connectivity index (χ2v) is 10.0. The number of benzene rings is 2. The van der Waals surface area contributed by atoms with Crippen molar-refractivity contribution in [2.75, 3.05) is 25.0 Å². The number of aromatic nitrogens is 2. The van der Waals surface area contributed by atoms with Gasteiger partial charge >= 0.3 is 6.36 Å². The Morgan fingerprint density at radius 1 is 1.14 bits per heavy atom. The highest BCUT2D eigenvalue weighted by molar-refractivity contribution is 6.09. The van der Waals surface area contributed by atoms with Crippen molar-refractivity contribution >= 4 is 29.2 Å². The van der Waals surface area contributed by atoms with Crippen LogP contribution in [-0.4, -0.2) is 53.3 Å². The van der Waals surface area contributed by atoms with Crippen LogP contribution >= 0.6 is 0 Å². The molecule has 0 unspecified atom stereocenters. The van der Waals surface area contributed by atoms with E-state index < -0.39 is 12.8 Å². The number of nitrogens with zero attached hydrogens (tertiary/aromatic N) is 4. The van der Waals surface area contributed by atoms with Gasteiger partial charge in [-0.3, -0.25) is 4.79 Å². The summed E-state index contributed by atoms with van der Waals surface area (Å²) in [6.07, 6.45) is -3.30. The Balaban J connectivity index is 1.63. The number of nitrogens with one attached hydrogen (secondary N) is 2. The van der Waals surface area contributed by atoms with Crippen molar-refractivity contribution in [1.29, 1.82) is 5.41 Å². The molecule has 3 aromatic rings. The van der Waals surface area contributed by atoms with E-state index in [0.717, 1.165) is 23.0 Å². The monoisotopic (exact) mass is 588 g/mol. The zero-order valence-electron chi connectivity index (χ0n) is 22.9. The molecule has 0 radical (unpaired) electrons. The molecule has 0 bridgehead atoms. The van der Waals surface area contributed by atoms with Crippen LogP contribution in [0, 0.1) is 5.41 Å². The highest BCUT2D eigenvalue weighted by Gasteiger charge is 2.33. The summed E-state index contributed by atoms with van der Waals surface area (Å²) >= 11 is 0. The van der Waals surface area contributed by atoms with E-state index in [4.69, 9.17) is 10.5 Å². The fraction of sp³-hybridized carbons (Fsp3) is 0.345. The van der Waals surface area contributed by atoms with Crippen LogP contribution < -0.4 is 15.0 Å². The highest BCUT2D eigenvalue weighted by atomic mass is 19.4. The highest BCUT2D eigenvalue weighted by Crippen LogP contribution is 2.42. The van der Waals surface area contributed by atoms with Crippen molar-refractivity contribution in [1.82, 2.24) is 20.0 Å². The molecule has 3 heterocycles. The SMILES string of the molecule is CN/C=C(\C=N)c1cc2c(cc1C(F)F)N(c1nn(-c3ccc(OC(F)(F)F)cc3)c3c1CN(C(C)=O)CC3)CCC2. The summed E-state index contributed by atoms with van der Waals surface area (Å²) in [7, 11) is 1.63. The van der Waals surface area contributed by atoms with Gasteiger partial charge in [0.25, 0.3) is 6.43 Å². The molecule has 2 N–H and O–H groups in total. The topological polar surface area (TPSA) is 86.5 Å². The number of carbonyl (C=O) groups is 1. The second-order valence-electron chi connectivity index (χ2n) is 10.0. The Morgan fingerprint density at radius 2 is 1.88 bits per heavy atom. The average molecular weight is 589 g/mol. The van der Waals surface area contributed by atoms with Crippen LogP contribution in [0.5, 0.6) is 5.75 Å². The minimum absolute atomic E-state index is 0.118. The Morgan fingerprint density at radius 3 is 2.50 bits per heavy atom. The number of amides is 1. The number of anilines is 2. The lowest BCUT2D eigenvalue weighted by Crippen LogP contribution is -2.35. The number of fused-ring (bicyclic) bond motifs is 2. The second kappa shape index (κ2) is 11.5. The molecule has 222 valence electrons. The molecule has 1 aromatic heterocycles. The van der Waals surface area contributed by atoms with Crippen LogP contribution in [0.3, 0.4) is 0 Å². The van der Waals surface area contributed by atoms with Gasteiger partial charge < -0.3 is 25.3 Å². The molecule has 8 nitrogen and oxygen atoms in total. The van der Waals surface area contributed by atoms with Crippen molar-refractivity contribution < 1.29 is 31.5 Å². The van der Waals surface area contributed by atoms with Gasteiger partial charge in [-0.1, -0.05) is 0 Å². The van der Waals surface area contributed by atoms with Crippen LogP contribution in [0.2, 0.25) is 0 Å². The van der Waals surface area contributed by atoms with E-state index in [-0.39, 0.29) is 29.3 Å². The zero-order chi connectivity index (χ0) is 30.2. The molecule has 2 aliphatic rings. The lowest BCUT2D eigenvalue weighted by molar-refractivity contribution is -0.274. The number of alkyl halides is 5. The maximum atomic E-state index is 14.4. The summed E-state index contributed by atoms with van der Waals surface area (Å²) in [6.45, 7) is 2.65. The summed E-state index contributed by atoms with van der Waals surface area (Å²) in [5, 5.41) is 15.4. The third kappa shape index (κ3) is 5.68. The Labute approximate surface area is 238 Å². The van der Waals surface area contributed by atoms with Gasteiger partial charge in [-0.15, -0.1) is 18.3 Å². The molecule has 0 saturated carbocycles. The molecular formula is C29H29F5N6O2. The Hall–Kier alpha value is -4.42. The van der Waals surface area contributed by atoms with E-state index >= 15 is 0 Å². The molecular weight excluding hydrogens is 559 g/mol. The molecule has 42 heavy (non-hydrogen) atoms. The maximum absolute atomic E-state index is 14.4. The van der Waals surface area contributed by atoms with Gasteiger partial charge in [0.2, 0.25) is 5.91 Å². The van der Waals surface area contributed by atoms with Gasteiger partial charge in [0.05, 0.1) is 17.9 Å². The van der Waals surface area contributed by atoms with Crippen LogP contribution in [0.4, 0.5) is 33.5 Å². The third-order valence-corrected chi connectivity index (χ3v) is 7.42. The van der Waals surface area contributed by atoms with Crippen molar-refractivity contribution in [2.45, 2.75) is 45.5 Å². The normalized spacial score (nSPS) is 15.4. The molecule has 0 spiro atoms. The number of aryl methyl sites for hydroxylation is 1. The van der Waals surface area contributed by atoms with Gasteiger partial charge in [-0.25, -0.2) is 13.5 Å². The summed E-state index contributed by atoms with van der Waals surface area (Å²) in [4.78, 5) is 15.8. The first-order valence-corrected chi connectivity index (χ1v) is 13.3. The van der Waals surface area contributed by atoms with Crippen LogP contribution in [-0.2, 0) is 24.2 Å². The van der Waals surface area contributed by atoms with Crippen LogP contribution in [0.25, 0.3) is 11.3 Å². The van der Waals surface area contributed by atoms with E-state index in [2.05, 4.69) is 10.1 Å². The lowest BCUT2D eigenvalue weighted by Gasteiger charge is -2.33. The molecule has 0 aliphatic carbocycles. The zero-order valence-corrected chi connectivity index (χ0v) is 22.9. The van der Waals surface area contributed by atoms with Gasteiger partial charge in [0.1, 0.15) is 5.75 Å². The van der Waals surface area contributed by atoms with E-state index in [1.165, 1.54) is 43.5 Å². The lowest BCUT2D eigenvalue weighted by atomic mass is 9.92. The quantitative estimate of drug-likeness (QED) is 0.265. The number of allylic oxidation sites excluding steroid dienone is 1. The molecule has 0 saturated heterocycles. The molecule has 5 rings (SSSR count). The number of hydrogen-bond acceptors (Lipinski definition) is 6. The first kappa shape index (κ1) is 29.1. The predicted octanol–water partition coefficient (Wildman–Crippen LogP) is 5.91. The predicted molar refractivity (Wildman–Crippen MR) is 148 cm³/mol. The minimum Gasteiger partial charge on any atom is -0.406 e. The molecule has 0 fully saturated rings. The smallest absolute Gasteiger partial charge is 0.406 e. The van der Waals surface area contributed by atoms with E-state index in [1.807, 2.05) is 4.90 Å². The number of carbonyl (C=O) groups excluding carboxylic acids is 1. The maximum Gasteiger partial charge on any atom is 0.573 e. The standard InChI is InChI=1S/C29H29F5N6O2/c1-17(41)38-11-9-25-24(16-38)28(37-40(25)20-5-7-21(8-6-20)42-29(32,33)34)39-10-3-4-18-12-22(19(14-35)15-36-2)23(27(30)31)13-26(18)39/h5-8,12-15,27,35-36H,3-4,9-11,16H2,1-2H3/b19-15+,35-14?. The fourth-order valence-corrected chi connectivity index (χ4v) is 5.54. The minimum atomic E-state index is -4.82. The third-order valence-electron chi connectivity index (χ3n) is 7.42. The summed E-state index contributed by atoms with van der Waals surface area (Å²) in [5.74, 6) is 0.0119. The number of hydrogen-bond donors (Lipinski definition) is 2. The Kier molecular flexibility index (Phi) is 7.93. The molecule has 2 aromatic carbocycles.